The van der Waals surface area contributed by atoms with E-state index in [0.717, 1.165) is 0 Å². The number of hydrogen-bond acceptors (Lipinski definition) is 3. The molecule has 0 atom stereocenters. The van der Waals surface area contributed by atoms with Crippen molar-refractivity contribution in [2.75, 3.05) is 0 Å². The Hall–Kier alpha value is 0.816. The van der Waals surface area contributed by atoms with Gasteiger partial charge in [0.15, 0.2) is 0 Å². The van der Waals surface area contributed by atoms with Gasteiger partial charge in [0.1, 0.15) is 0 Å². The molecule has 0 bridgehead atoms. The van der Waals surface area contributed by atoms with Gasteiger partial charge in [0.25, 0.3) is 0 Å². The minimum atomic E-state index is -0.961. The van der Waals surface area contributed by atoms with Crippen molar-refractivity contribution >= 4 is 79.3 Å². The fourth-order valence-corrected chi connectivity index (χ4v) is 0.897. The molecule has 0 saturated heterocycles. The van der Waals surface area contributed by atoms with Crippen LogP contribution in [-0.2, 0) is 0 Å². The molecular formula is C3H2BrClKN3O3. The summed E-state index contributed by atoms with van der Waals surface area (Å²) >= 11 is 7.71. The zero-order valence-corrected chi connectivity index (χ0v) is 7.22. The van der Waals surface area contributed by atoms with Gasteiger partial charge in [-0.25, -0.2) is 14.4 Å². The Morgan fingerprint density at radius 3 is 2.25 bits per heavy atom. The maximum absolute atomic E-state index is 10.7. The Balaban J connectivity index is 0.00000121. The van der Waals surface area contributed by atoms with Crippen LogP contribution in [0.5, 0.6) is 0 Å². The van der Waals surface area contributed by atoms with Gasteiger partial charge >= 0.3 is 68.5 Å². The van der Waals surface area contributed by atoms with Gasteiger partial charge in [0, 0.05) is 11.8 Å². The van der Waals surface area contributed by atoms with E-state index in [0.29, 0.717) is 3.59 Å². The fraction of sp³-hybridized carbons (Fsp3) is 0. The van der Waals surface area contributed by atoms with E-state index in [9.17, 15) is 14.4 Å². The molecule has 62 valence electrons. The second-order valence-electron chi connectivity index (χ2n) is 1.58. The van der Waals surface area contributed by atoms with Gasteiger partial charge in [0.05, 0.1) is 16.1 Å². The predicted octanol–water partition coefficient (Wildman–Crippen LogP) is -1.79. The van der Waals surface area contributed by atoms with Crippen molar-refractivity contribution in [1.29, 1.82) is 0 Å². The molecule has 0 spiro atoms. The molecule has 0 aliphatic rings. The number of aromatic amines is 1. The van der Waals surface area contributed by atoms with Crippen LogP contribution in [0.25, 0.3) is 0 Å². The van der Waals surface area contributed by atoms with E-state index in [-0.39, 0.29) is 55.5 Å². The molecule has 1 heterocycles. The summed E-state index contributed by atoms with van der Waals surface area (Å²) in [6.45, 7) is 0. The van der Waals surface area contributed by atoms with Crippen LogP contribution >= 0.6 is 27.9 Å². The Morgan fingerprint density at radius 1 is 1.25 bits per heavy atom. The first kappa shape index (κ1) is 12.8. The van der Waals surface area contributed by atoms with Gasteiger partial charge in [-0.05, 0) is 0 Å². The zero-order valence-electron chi connectivity index (χ0n) is 4.88. The van der Waals surface area contributed by atoms with Gasteiger partial charge in [0.2, 0.25) is 0 Å². The summed E-state index contributed by atoms with van der Waals surface area (Å²) < 4.78 is 0.748. The SMILES string of the molecule is O=c1[nH]c(=O)n(Br)c(=O)n1Cl.[KH]. The average Bonchev–Trinajstić information content (AvgIpc) is 1.97. The molecule has 0 amide bonds. The molecule has 6 nitrogen and oxygen atoms in total. The molecule has 1 N–H and O–H groups in total. The number of rotatable bonds is 0. The predicted molar refractivity (Wildman–Crippen MR) is 48.3 cm³/mol. The van der Waals surface area contributed by atoms with Gasteiger partial charge in [-0.1, -0.05) is 0 Å². The average molecular weight is 283 g/mol. The minimum absolute atomic E-state index is 0. The van der Waals surface area contributed by atoms with Crippen LogP contribution < -0.4 is 17.1 Å². The van der Waals surface area contributed by atoms with Crippen LogP contribution in [-0.4, -0.2) is 64.0 Å². The van der Waals surface area contributed by atoms with Gasteiger partial charge in [-0.3, -0.25) is 4.98 Å². The molecule has 0 fully saturated rings. The molecule has 1 aromatic heterocycles. The molecule has 0 aliphatic heterocycles. The summed E-state index contributed by atoms with van der Waals surface area (Å²) in [5.41, 5.74) is -2.77. The van der Waals surface area contributed by atoms with Crippen molar-refractivity contribution < 1.29 is 0 Å². The summed E-state index contributed by atoms with van der Waals surface area (Å²) in [4.78, 5) is 33.7. The standard InChI is InChI=1S/C3HBrClN3O3.K.H/c4-7-1(9)6-2(10)8(5)3(7)11;;/h(H,6,9,10);;. The Kier molecular flexibility index (Phi) is 5.22. The molecule has 0 aromatic carbocycles. The first-order valence-electron chi connectivity index (χ1n) is 2.34. The maximum atomic E-state index is 10.7. The molecule has 0 saturated carbocycles. The van der Waals surface area contributed by atoms with Crippen molar-refractivity contribution in [3.63, 3.8) is 0 Å². The van der Waals surface area contributed by atoms with E-state index in [4.69, 9.17) is 11.8 Å². The number of hydrogen-bond donors (Lipinski definition) is 1. The normalized spacial score (nSPS) is 9.17. The Labute approximate surface area is 121 Å². The van der Waals surface area contributed by atoms with Crippen LogP contribution in [0.3, 0.4) is 0 Å². The van der Waals surface area contributed by atoms with Crippen molar-refractivity contribution in [2.24, 2.45) is 0 Å². The van der Waals surface area contributed by atoms with Crippen molar-refractivity contribution in [1.82, 2.24) is 12.7 Å². The molecular weight excluding hydrogens is 281 g/mol. The second-order valence-corrected chi connectivity index (χ2v) is 2.63. The van der Waals surface area contributed by atoms with Crippen molar-refractivity contribution in [2.45, 2.75) is 0 Å². The first-order valence-corrected chi connectivity index (χ1v) is 3.39. The second kappa shape index (κ2) is 4.89. The third-order valence-electron chi connectivity index (χ3n) is 0.906. The summed E-state index contributed by atoms with van der Waals surface area (Å²) in [6.07, 6.45) is 0. The molecule has 0 unspecified atom stereocenters. The van der Waals surface area contributed by atoms with E-state index in [1.165, 1.54) is 0 Å². The molecule has 12 heavy (non-hydrogen) atoms. The molecule has 1 rings (SSSR count). The fourth-order valence-electron chi connectivity index (χ4n) is 0.440. The van der Waals surface area contributed by atoms with E-state index < -0.39 is 17.1 Å². The third-order valence-corrected chi connectivity index (χ3v) is 1.83. The van der Waals surface area contributed by atoms with Gasteiger partial charge < -0.3 is 0 Å². The third kappa shape index (κ3) is 2.41. The van der Waals surface area contributed by atoms with E-state index in [1.54, 1.807) is 4.98 Å². The summed E-state index contributed by atoms with van der Waals surface area (Å²) in [7, 11) is 0. The van der Waals surface area contributed by atoms with Crippen LogP contribution in [0.4, 0.5) is 0 Å². The summed E-state index contributed by atoms with van der Waals surface area (Å²) in [6, 6.07) is 0. The quantitative estimate of drug-likeness (QED) is 0.571. The van der Waals surface area contributed by atoms with Gasteiger partial charge in [-0.2, -0.15) is 7.68 Å². The first-order chi connectivity index (χ1) is 5.04. The number of aromatic nitrogens is 3. The topological polar surface area (TPSA) is 76.9 Å². The number of halogens is 2. The molecule has 1 aromatic rings. The van der Waals surface area contributed by atoms with Crippen LogP contribution in [0, 0.1) is 0 Å². The van der Waals surface area contributed by atoms with Crippen LogP contribution in [0.15, 0.2) is 14.4 Å². The molecule has 0 aliphatic carbocycles. The molecule has 9 heteroatoms. The van der Waals surface area contributed by atoms with Crippen LogP contribution in [0.1, 0.15) is 0 Å². The number of nitrogens with one attached hydrogen (secondary N) is 1. The van der Waals surface area contributed by atoms with E-state index in [2.05, 4.69) is 16.1 Å². The monoisotopic (exact) mass is 281 g/mol. The van der Waals surface area contributed by atoms with Gasteiger partial charge in [-0.15, -0.1) is 0 Å². The van der Waals surface area contributed by atoms with E-state index in [1.807, 2.05) is 0 Å². The number of H-pyrrole nitrogens is 1. The Morgan fingerprint density at radius 2 is 1.75 bits per heavy atom. The van der Waals surface area contributed by atoms with E-state index >= 15 is 0 Å². The summed E-state index contributed by atoms with van der Waals surface area (Å²) in [5, 5.41) is 0. The summed E-state index contributed by atoms with van der Waals surface area (Å²) in [5.74, 6) is 0. The zero-order chi connectivity index (χ0) is 8.59. The van der Waals surface area contributed by atoms with Crippen molar-refractivity contribution in [3.8, 4) is 0 Å². The number of nitrogens with zero attached hydrogens (tertiary/aromatic N) is 2. The van der Waals surface area contributed by atoms with Crippen LogP contribution in [0.2, 0.25) is 0 Å². The van der Waals surface area contributed by atoms with Crippen molar-refractivity contribution in [3.05, 3.63) is 31.5 Å². The molecule has 0 radical (unpaired) electrons. The Bertz CT molecular complexity index is 410.